The average Bonchev–Trinajstić information content (AvgIpc) is 2.84. The van der Waals surface area contributed by atoms with Gasteiger partial charge in [-0.15, -0.1) is 0 Å². The molecule has 1 heterocycles. The second-order valence-electron chi connectivity index (χ2n) is 5.43. The zero-order valence-electron chi connectivity index (χ0n) is 12.3. The van der Waals surface area contributed by atoms with Gasteiger partial charge in [0.25, 0.3) is 0 Å². The molecule has 0 radical (unpaired) electrons. The molecule has 2 aromatic rings. The van der Waals surface area contributed by atoms with Crippen molar-refractivity contribution in [1.82, 2.24) is 0 Å². The van der Waals surface area contributed by atoms with Crippen molar-refractivity contribution in [1.29, 1.82) is 0 Å². The van der Waals surface area contributed by atoms with Crippen molar-refractivity contribution in [2.24, 2.45) is 0 Å². The molecule has 0 aliphatic rings. The van der Waals surface area contributed by atoms with Gasteiger partial charge < -0.3 is 0 Å². The topological polar surface area (TPSA) is 20.2 Å². The van der Waals surface area contributed by atoms with Gasteiger partial charge in [-0.05, 0) is 0 Å². The van der Waals surface area contributed by atoms with Gasteiger partial charge in [-0.3, -0.25) is 0 Å². The van der Waals surface area contributed by atoms with Gasteiger partial charge in [0.1, 0.15) is 0 Å². The van der Waals surface area contributed by atoms with Crippen LogP contribution in [0.25, 0.3) is 10.0 Å². The summed E-state index contributed by atoms with van der Waals surface area (Å²) in [5, 5.41) is 10.3. The number of unbranched alkanes of at least 4 members (excludes halogenated alkanes) is 1. The number of benzene rings is 1. The third kappa shape index (κ3) is 4.23. The zero-order valence-corrected chi connectivity index (χ0v) is 16.4. The summed E-state index contributed by atoms with van der Waals surface area (Å²) in [6.45, 7) is 6.09. The molecular weight excluding hydrogens is 427 g/mol. The van der Waals surface area contributed by atoms with Crippen molar-refractivity contribution in [3.05, 3.63) is 40.8 Å². The Balaban J connectivity index is 2.35. The Morgan fingerprint density at radius 3 is 2.50 bits per heavy atom. The second-order valence-corrected chi connectivity index (χ2v) is 10.9. The van der Waals surface area contributed by atoms with E-state index in [2.05, 4.69) is 43.3 Å². The van der Waals surface area contributed by atoms with Crippen molar-refractivity contribution in [3.63, 3.8) is 0 Å². The quantitative estimate of drug-likeness (QED) is 0.531. The number of aliphatic hydroxyl groups is 1. The van der Waals surface area contributed by atoms with Crippen LogP contribution in [0.2, 0.25) is 4.47 Å². The maximum absolute atomic E-state index is 10.3. The number of hydrogen-bond donors (Lipinski definition) is 1. The van der Waals surface area contributed by atoms with E-state index >= 15 is 0 Å². The zero-order chi connectivity index (χ0) is 14.6. The third-order valence-electron chi connectivity index (χ3n) is 3.09. The fourth-order valence-corrected chi connectivity index (χ4v) is 9.24. The van der Waals surface area contributed by atoms with Crippen molar-refractivity contribution < 1.29 is 5.11 Å². The molecule has 0 unspecified atom stereocenters. The van der Waals surface area contributed by atoms with Crippen LogP contribution in [0, 0.1) is 0 Å². The molecule has 0 fully saturated rings. The predicted molar refractivity (Wildman–Crippen MR) is 89.2 cm³/mol. The minimum absolute atomic E-state index is 0.111. The monoisotopic (exact) mass is 452 g/mol. The van der Waals surface area contributed by atoms with Gasteiger partial charge in [0.05, 0.1) is 0 Å². The summed E-state index contributed by atoms with van der Waals surface area (Å²) in [5.41, 5.74) is 0.694. The number of hydrogen-bond acceptors (Lipinski definition) is 1. The van der Waals surface area contributed by atoms with E-state index in [1.54, 1.807) is 3.61 Å². The number of rotatable bonds is 6. The molecule has 1 nitrogen and oxygen atoms in total. The first kappa shape index (κ1) is 16.3. The van der Waals surface area contributed by atoms with Crippen LogP contribution in [0.3, 0.4) is 0 Å². The molecule has 0 bridgehead atoms. The molecule has 1 aromatic heterocycles. The van der Waals surface area contributed by atoms with E-state index < -0.39 is 5.60 Å². The van der Waals surface area contributed by atoms with E-state index in [0.29, 0.717) is 0 Å². The van der Waals surface area contributed by atoms with Gasteiger partial charge in [-0.25, -0.2) is 0 Å². The molecule has 0 amide bonds. The molecule has 1 aromatic carbocycles. The van der Waals surface area contributed by atoms with Crippen LogP contribution in [-0.2, 0) is 5.60 Å². The fourth-order valence-electron chi connectivity index (χ4n) is 1.90. The van der Waals surface area contributed by atoms with Crippen LogP contribution < -0.4 is 3.61 Å². The van der Waals surface area contributed by atoms with Crippen molar-refractivity contribution >= 4 is 39.0 Å². The average molecular weight is 449 g/mol. The molecule has 20 heavy (non-hydrogen) atoms. The molecule has 3 heteroatoms. The summed E-state index contributed by atoms with van der Waals surface area (Å²) in [6.07, 6.45) is 2.62. The van der Waals surface area contributed by atoms with E-state index in [0.717, 1.165) is 0 Å². The molecule has 0 saturated heterocycles. The van der Waals surface area contributed by atoms with Gasteiger partial charge in [-0.1, -0.05) is 0 Å². The fraction of sp³-hybridized carbons (Fsp3) is 0.412. The van der Waals surface area contributed by atoms with E-state index in [4.69, 9.17) is 0 Å². The molecular formula is C17H22OSeTe. The van der Waals surface area contributed by atoms with Gasteiger partial charge in [-0.2, -0.15) is 0 Å². The Bertz CT molecular complexity index is 540. The maximum atomic E-state index is 10.3. The second kappa shape index (κ2) is 7.30. The molecule has 0 aliphatic heterocycles. The van der Waals surface area contributed by atoms with Crippen molar-refractivity contribution in [2.45, 2.75) is 43.7 Å². The van der Waals surface area contributed by atoms with Gasteiger partial charge in [0.15, 0.2) is 0 Å². The van der Waals surface area contributed by atoms with E-state index in [-0.39, 0.29) is 35.4 Å². The molecule has 108 valence electrons. The van der Waals surface area contributed by atoms with E-state index in [1.165, 1.54) is 31.7 Å². The predicted octanol–water partition coefficient (Wildman–Crippen LogP) is 3.19. The third-order valence-corrected chi connectivity index (χ3v) is 10.4. The van der Waals surface area contributed by atoms with Gasteiger partial charge in [0.2, 0.25) is 0 Å². The van der Waals surface area contributed by atoms with E-state index in [9.17, 15) is 5.11 Å². The molecule has 0 saturated carbocycles. The first-order valence-electron chi connectivity index (χ1n) is 7.07. The molecule has 0 atom stereocenters. The summed E-state index contributed by atoms with van der Waals surface area (Å²) >= 11 is 0.173. The SMILES string of the molecule is CCCC[Te]c1cc(C(C)(C)O)[se]c1-c1ccccc1. The molecule has 0 aliphatic carbocycles. The van der Waals surface area contributed by atoms with Crippen LogP contribution in [0.4, 0.5) is 0 Å². The summed E-state index contributed by atoms with van der Waals surface area (Å²) in [4.78, 5) is 0. The normalized spacial score (nSPS) is 11.8. The summed E-state index contributed by atoms with van der Waals surface area (Å²) in [5.74, 6) is 0. The van der Waals surface area contributed by atoms with Crippen LogP contribution >= 0.6 is 0 Å². The summed E-state index contributed by atoms with van der Waals surface area (Å²) in [7, 11) is 0. The van der Waals surface area contributed by atoms with Gasteiger partial charge >= 0.3 is 139 Å². The Labute approximate surface area is 138 Å². The van der Waals surface area contributed by atoms with Crippen LogP contribution in [0.1, 0.15) is 38.1 Å². The molecule has 2 rings (SSSR count). The van der Waals surface area contributed by atoms with Crippen molar-refractivity contribution in [2.75, 3.05) is 0 Å². The minimum atomic E-state index is -0.667. The Kier molecular flexibility index (Phi) is 5.96. The van der Waals surface area contributed by atoms with Crippen LogP contribution in [-0.4, -0.2) is 40.5 Å². The first-order chi connectivity index (χ1) is 9.52. The van der Waals surface area contributed by atoms with Gasteiger partial charge in [0, 0.05) is 0 Å². The van der Waals surface area contributed by atoms with Crippen LogP contribution in [0.15, 0.2) is 36.4 Å². The Morgan fingerprint density at radius 2 is 1.90 bits per heavy atom. The van der Waals surface area contributed by atoms with Crippen LogP contribution in [0.5, 0.6) is 0 Å². The first-order valence-corrected chi connectivity index (χ1v) is 11.6. The Morgan fingerprint density at radius 1 is 1.20 bits per heavy atom. The molecule has 1 N–H and O–H groups in total. The summed E-state index contributed by atoms with van der Waals surface area (Å²) < 4.78 is 5.71. The Hall–Kier alpha value is -0.0309. The van der Waals surface area contributed by atoms with Crippen molar-refractivity contribution in [3.8, 4) is 10.0 Å². The standard InChI is InChI=1S/C17H22OSeTe/c1-4-5-11-20-14-12-15(17(2,3)18)19-16(14)13-9-7-6-8-10-13/h6-10,12,18H,4-5,11H2,1-3H3. The van der Waals surface area contributed by atoms with E-state index in [1.807, 2.05) is 13.8 Å². The molecule has 0 spiro atoms. The summed E-state index contributed by atoms with van der Waals surface area (Å²) in [6, 6.07) is 13.1.